The van der Waals surface area contributed by atoms with E-state index in [1.54, 1.807) is 17.7 Å². The summed E-state index contributed by atoms with van der Waals surface area (Å²) in [5.74, 6) is -0.995. The van der Waals surface area contributed by atoms with Gasteiger partial charge in [0.25, 0.3) is 0 Å². The van der Waals surface area contributed by atoms with E-state index in [1.165, 1.54) is 18.4 Å². The number of hydrogen-bond donors (Lipinski definition) is 1. The number of amides is 1. The number of anilines is 1. The molecule has 2 aromatic heterocycles. The van der Waals surface area contributed by atoms with Crippen molar-refractivity contribution in [3.63, 3.8) is 0 Å². The summed E-state index contributed by atoms with van der Waals surface area (Å²) in [4.78, 5) is 25.2. The van der Waals surface area contributed by atoms with Gasteiger partial charge in [0.05, 0.1) is 41.5 Å². The number of nitrogens with zero attached hydrogens (tertiary/aromatic N) is 2. The zero-order valence-corrected chi connectivity index (χ0v) is 15.8. The number of rotatable bonds is 5. The number of carbonyl (C=O) groups is 2. The van der Waals surface area contributed by atoms with Crippen molar-refractivity contribution in [3.8, 4) is 0 Å². The van der Waals surface area contributed by atoms with Gasteiger partial charge in [-0.15, -0.1) is 11.3 Å². The third kappa shape index (κ3) is 3.79. The van der Waals surface area contributed by atoms with E-state index in [1.807, 2.05) is 20.8 Å². The van der Waals surface area contributed by atoms with E-state index in [9.17, 15) is 9.59 Å². The molecule has 0 aliphatic rings. The number of halogens is 1. The first-order chi connectivity index (χ1) is 11.2. The molecule has 1 unspecified atom stereocenters. The number of carbonyl (C=O) groups excluding carboxylic acids is 2. The van der Waals surface area contributed by atoms with Crippen LogP contribution in [0.25, 0.3) is 0 Å². The second-order valence-corrected chi connectivity index (χ2v) is 7.28. The predicted molar refractivity (Wildman–Crippen MR) is 94.9 cm³/mol. The second-order valence-electron chi connectivity index (χ2n) is 5.65. The summed E-state index contributed by atoms with van der Waals surface area (Å²) in [6.07, 6.45) is 0. The first-order valence-corrected chi connectivity index (χ1v) is 8.63. The van der Waals surface area contributed by atoms with Crippen molar-refractivity contribution in [1.29, 1.82) is 0 Å². The largest absolute Gasteiger partial charge is 0.465 e. The van der Waals surface area contributed by atoms with Crippen molar-refractivity contribution >= 4 is 39.8 Å². The predicted octanol–water partition coefficient (Wildman–Crippen LogP) is 3.58. The van der Waals surface area contributed by atoms with Crippen LogP contribution in [0.4, 0.5) is 5.00 Å². The number of methoxy groups -OCH3 is 1. The normalized spacial score (nSPS) is 12.1. The van der Waals surface area contributed by atoms with Crippen LogP contribution in [0.2, 0.25) is 5.02 Å². The summed E-state index contributed by atoms with van der Waals surface area (Å²) in [6.45, 7) is 7.77. The van der Waals surface area contributed by atoms with Crippen LogP contribution in [0.15, 0.2) is 6.07 Å². The van der Waals surface area contributed by atoms with Gasteiger partial charge >= 0.3 is 5.97 Å². The van der Waals surface area contributed by atoms with E-state index in [0.29, 0.717) is 22.1 Å². The summed E-state index contributed by atoms with van der Waals surface area (Å²) >= 11 is 7.48. The quantitative estimate of drug-likeness (QED) is 0.817. The Labute approximate surface area is 149 Å². The van der Waals surface area contributed by atoms with Crippen LogP contribution in [-0.2, 0) is 16.1 Å². The topological polar surface area (TPSA) is 73.2 Å². The summed E-state index contributed by atoms with van der Waals surface area (Å²) in [7, 11) is 1.32. The third-order valence-corrected chi connectivity index (χ3v) is 5.20. The Morgan fingerprint density at radius 2 is 2.08 bits per heavy atom. The average molecular weight is 370 g/mol. The molecular formula is C16H20ClN3O3S. The molecule has 6 nitrogen and oxygen atoms in total. The number of aromatic nitrogens is 2. The highest BCUT2D eigenvalue weighted by Gasteiger charge is 2.21. The molecule has 2 rings (SSSR count). The molecule has 1 amide bonds. The van der Waals surface area contributed by atoms with Crippen molar-refractivity contribution in [3.05, 3.63) is 32.9 Å². The molecule has 1 atom stereocenters. The van der Waals surface area contributed by atoms with E-state index < -0.39 is 5.97 Å². The molecular weight excluding hydrogens is 350 g/mol. The van der Waals surface area contributed by atoms with Crippen LogP contribution in [-0.4, -0.2) is 28.8 Å². The Hall–Kier alpha value is -1.86. The molecule has 0 aliphatic heterocycles. The fourth-order valence-electron chi connectivity index (χ4n) is 2.30. The Kier molecular flexibility index (Phi) is 5.66. The minimum absolute atomic E-state index is 0.189. The maximum atomic E-state index is 12.5. The Morgan fingerprint density at radius 3 is 2.62 bits per heavy atom. The highest BCUT2D eigenvalue weighted by Crippen LogP contribution is 2.29. The van der Waals surface area contributed by atoms with Crippen molar-refractivity contribution in [2.75, 3.05) is 12.4 Å². The Balaban J connectivity index is 2.12. The number of aryl methyl sites for hydroxylation is 2. The van der Waals surface area contributed by atoms with Gasteiger partial charge in [0.15, 0.2) is 0 Å². The van der Waals surface area contributed by atoms with Gasteiger partial charge in [0, 0.05) is 4.88 Å². The first kappa shape index (κ1) is 18.5. The summed E-state index contributed by atoms with van der Waals surface area (Å²) < 4.78 is 6.47. The lowest BCUT2D eigenvalue weighted by Crippen LogP contribution is -2.25. The average Bonchev–Trinajstić information content (AvgIpc) is 3.01. The second kappa shape index (κ2) is 7.36. The van der Waals surface area contributed by atoms with Gasteiger partial charge in [-0.25, -0.2) is 4.79 Å². The highest BCUT2D eigenvalue weighted by atomic mass is 35.5. The third-order valence-electron chi connectivity index (χ3n) is 3.68. The smallest absolute Gasteiger partial charge is 0.340 e. The minimum atomic E-state index is -0.465. The van der Waals surface area contributed by atoms with Crippen LogP contribution in [0.3, 0.4) is 0 Å². The number of ether oxygens (including phenoxy) is 1. The highest BCUT2D eigenvalue weighted by molar-refractivity contribution is 7.16. The van der Waals surface area contributed by atoms with Crippen LogP contribution >= 0.6 is 22.9 Å². The Bertz CT molecular complexity index is 782. The molecule has 0 radical (unpaired) electrons. The summed E-state index contributed by atoms with van der Waals surface area (Å²) in [6, 6.07) is 1.71. The lowest BCUT2D eigenvalue weighted by atomic mass is 10.1. The molecule has 0 spiro atoms. The number of thiophene rings is 1. The van der Waals surface area contributed by atoms with Crippen LogP contribution < -0.4 is 5.32 Å². The molecule has 0 saturated carbocycles. The molecule has 0 bridgehead atoms. The maximum Gasteiger partial charge on any atom is 0.340 e. The van der Waals surface area contributed by atoms with Gasteiger partial charge in [0.2, 0.25) is 5.91 Å². The van der Waals surface area contributed by atoms with E-state index in [2.05, 4.69) is 10.4 Å². The van der Waals surface area contributed by atoms with Crippen molar-refractivity contribution in [2.24, 2.45) is 5.92 Å². The van der Waals surface area contributed by atoms with Gasteiger partial charge in [-0.2, -0.15) is 5.10 Å². The SMILES string of the molecule is COC(=O)c1cc(C)sc1NC(=O)C(C)Cn1nc(C)c(Cl)c1C. The molecule has 1 N–H and O–H groups in total. The monoisotopic (exact) mass is 369 g/mol. The van der Waals surface area contributed by atoms with Crippen molar-refractivity contribution in [1.82, 2.24) is 9.78 Å². The number of nitrogens with one attached hydrogen (secondary N) is 1. The van der Waals surface area contributed by atoms with Crippen LogP contribution in [0.5, 0.6) is 0 Å². The van der Waals surface area contributed by atoms with Crippen molar-refractivity contribution in [2.45, 2.75) is 34.2 Å². The summed E-state index contributed by atoms with van der Waals surface area (Å²) in [5.41, 5.74) is 1.94. The van der Waals surface area contributed by atoms with Gasteiger partial charge in [-0.3, -0.25) is 9.48 Å². The van der Waals surface area contributed by atoms with E-state index in [4.69, 9.17) is 16.3 Å². The molecule has 130 valence electrons. The van der Waals surface area contributed by atoms with E-state index in [0.717, 1.165) is 16.3 Å². The molecule has 8 heteroatoms. The number of esters is 1. The van der Waals surface area contributed by atoms with Gasteiger partial charge in [0.1, 0.15) is 5.00 Å². The lowest BCUT2D eigenvalue weighted by molar-refractivity contribution is -0.119. The molecule has 24 heavy (non-hydrogen) atoms. The molecule has 0 fully saturated rings. The molecule has 2 aromatic rings. The number of hydrogen-bond acceptors (Lipinski definition) is 5. The van der Waals surface area contributed by atoms with E-state index in [-0.39, 0.29) is 11.8 Å². The van der Waals surface area contributed by atoms with Gasteiger partial charge in [-0.05, 0) is 26.8 Å². The van der Waals surface area contributed by atoms with Crippen LogP contribution in [0, 0.1) is 26.7 Å². The standard InChI is InChI=1S/C16H20ClN3O3S/c1-8(7-20-11(4)13(17)10(3)19-20)14(21)18-15-12(16(22)23-5)6-9(2)24-15/h6,8H,7H2,1-5H3,(H,18,21). The molecule has 0 aliphatic carbocycles. The zero-order valence-electron chi connectivity index (χ0n) is 14.3. The first-order valence-electron chi connectivity index (χ1n) is 7.43. The summed E-state index contributed by atoms with van der Waals surface area (Å²) in [5, 5.41) is 8.27. The van der Waals surface area contributed by atoms with Gasteiger partial charge in [-0.1, -0.05) is 18.5 Å². The fraction of sp³-hybridized carbons (Fsp3) is 0.438. The fourth-order valence-corrected chi connectivity index (χ4v) is 3.34. The van der Waals surface area contributed by atoms with Crippen LogP contribution in [0.1, 0.15) is 33.5 Å². The van der Waals surface area contributed by atoms with E-state index >= 15 is 0 Å². The van der Waals surface area contributed by atoms with Crippen molar-refractivity contribution < 1.29 is 14.3 Å². The molecule has 0 saturated heterocycles. The minimum Gasteiger partial charge on any atom is -0.465 e. The molecule has 2 heterocycles. The molecule has 0 aromatic carbocycles. The zero-order chi connectivity index (χ0) is 18.0. The Morgan fingerprint density at radius 1 is 1.42 bits per heavy atom. The lowest BCUT2D eigenvalue weighted by Gasteiger charge is -2.13. The van der Waals surface area contributed by atoms with Gasteiger partial charge < -0.3 is 10.1 Å². The maximum absolute atomic E-state index is 12.5.